The van der Waals surface area contributed by atoms with Crippen molar-refractivity contribution in [3.8, 4) is 5.75 Å². The SMILES string of the molecule is CC(C)(C)OC(=O)C1CCc2cc(N)c(OCCCN3CCCCC3)cc2CN1. The molecule has 1 atom stereocenters. The van der Waals surface area contributed by atoms with Crippen LogP contribution in [0.1, 0.15) is 64.0 Å². The number of benzene rings is 1. The van der Waals surface area contributed by atoms with E-state index in [2.05, 4.69) is 10.2 Å². The van der Waals surface area contributed by atoms with Crippen LogP contribution in [0.25, 0.3) is 0 Å². The molecule has 2 heterocycles. The number of hydrogen-bond acceptors (Lipinski definition) is 6. The van der Waals surface area contributed by atoms with Gasteiger partial charge in [-0.1, -0.05) is 6.42 Å². The normalized spacial score (nSPS) is 20.6. The molecule has 2 aliphatic rings. The van der Waals surface area contributed by atoms with Crippen LogP contribution in [0.15, 0.2) is 12.1 Å². The maximum absolute atomic E-state index is 12.4. The molecule has 0 aromatic heterocycles. The highest BCUT2D eigenvalue weighted by molar-refractivity contribution is 5.76. The summed E-state index contributed by atoms with van der Waals surface area (Å²) in [6.07, 6.45) is 6.51. The summed E-state index contributed by atoms with van der Waals surface area (Å²) in [6.45, 7) is 10.5. The topological polar surface area (TPSA) is 76.8 Å². The Balaban J connectivity index is 1.53. The van der Waals surface area contributed by atoms with Crippen LogP contribution in [-0.4, -0.2) is 48.8 Å². The molecule has 6 heteroatoms. The Bertz CT molecular complexity index is 693. The minimum absolute atomic E-state index is 0.188. The average Bonchev–Trinajstić information content (AvgIpc) is 2.87. The highest BCUT2D eigenvalue weighted by atomic mass is 16.6. The number of nitrogens with zero attached hydrogens (tertiary/aromatic N) is 1. The van der Waals surface area contributed by atoms with E-state index in [4.69, 9.17) is 15.2 Å². The third kappa shape index (κ3) is 6.61. The van der Waals surface area contributed by atoms with E-state index in [1.54, 1.807) is 0 Å². The van der Waals surface area contributed by atoms with Crippen molar-refractivity contribution < 1.29 is 14.3 Å². The maximum Gasteiger partial charge on any atom is 0.323 e. The van der Waals surface area contributed by atoms with E-state index < -0.39 is 5.60 Å². The molecular weight excluding hydrogens is 366 g/mol. The zero-order valence-corrected chi connectivity index (χ0v) is 18.3. The van der Waals surface area contributed by atoms with Gasteiger partial charge in [-0.25, -0.2) is 0 Å². The predicted octanol–water partition coefficient (Wildman–Crippen LogP) is 3.27. The van der Waals surface area contributed by atoms with E-state index in [1.165, 1.54) is 37.9 Å². The quantitative estimate of drug-likeness (QED) is 0.431. The molecule has 0 amide bonds. The van der Waals surface area contributed by atoms with Crippen molar-refractivity contribution in [1.82, 2.24) is 10.2 Å². The lowest BCUT2D eigenvalue weighted by molar-refractivity contribution is -0.157. The van der Waals surface area contributed by atoms with E-state index in [-0.39, 0.29) is 12.0 Å². The van der Waals surface area contributed by atoms with Gasteiger partial charge in [0.15, 0.2) is 0 Å². The Morgan fingerprint density at radius 3 is 2.69 bits per heavy atom. The number of carbonyl (C=O) groups is 1. The molecule has 1 fully saturated rings. The van der Waals surface area contributed by atoms with Gasteiger partial charge in [-0.3, -0.25) is 4.79 Å². The predicted molar refractivity (Wildman–Crippen MR) is 116 cm³/mol. The van der Waals surface area contributed by atoms with Crippen molar-refractivity contribution in [2.75, 3.05) is 32.0 Å². The van der Waals surface area contributed by atoms with E-state index in [0.717, 1.165) is 30.7 Å². The lowest BCUT2D eigenvalue weighted by Crippen LogP contribution is -2.40. The summed E-state index contributed by atoms with van der Waals surface area (Å²) in [6, 6.07) is 3.75. The van der Waals surface area contributed by atoms with Crippen LogP contribution in [0, 0.1) is 0 Å². The number of carbonyl (C=O) groups excluding carboxylic acids is 1. The molecule has 0 radical (unpaired) electrons. The fraction of sp³-hybridized carbons (Fsp3) is 0.696. The fourth-order valence-corrected chi connectivity index (χ4v) is 4.07. The van der Waals surface area contributed by atoms with Gasteiger partial charge in [-0.15, -0.1) is 0 Å². The molecule has 2 aliphatic heterocycles. The summed E-state index contributed by atoms with van der Waals surface area (Å²) in [5, 5.41) is 3.34. The maximum atomic E-state index is 12.4. The molecule has 1 saturated heterocycles. The standard InChI is InChI=1S/C23H37N3O3/c1-23(2,3)29-22(27)20-9-8-17-14-19(24)21(15-18(17)16-25-20)28-13-7-12-26-10-5-4-6-11-26/h14-15,20,25H,4-13,16,24H2,1-3H3. The minimum atomic E-state index is -0.475. The highest BCUT2D eigenvalue weighted by Gasteiger charge is 2.27. The Kier molecular flexibility index (Phi) is 7.41. The van der Waals surface area contributed by atoms with E-state index >= 15 is 0 Å². The van der Waals surface area contributed by atoms with Gasteiger partial charge >= 0.3 is 5.97 Å². The van der Waals surface area contributed by atoms with E-state index in [1.807, 2.05) is 32.9 Å². The first-order valence-corrected chi connectivity index (χ1v) is 11.0. The first-order valence-electron chi connectivity index (χ1n) is 11.0. The fourth-order valence-electron chi connectivity index (χ4n) is 4.07. The third-order valence-corrected chi connectivity index (χ3v) is 5.59. The number of nitrogens with two attached hydrogens (primary N) is 1. The number of rotatable bonds is 6. The van der Waals surface area contributed by atoms with Crippen LogP contribution in [0.3, 0.4) is 0 Å². The van der Waals surface area contributed by atoms with Crippen LogP contribution >= 0.6 is 0 Å². The number of esters is 1. The van der Waals surface area contributed by atoms with Crippen molar-refractivity contribution in [3.63, 3.8) is 0 Å². The van der Waals surface area contributed by atoms with Gasteiger partial charge in [0.2, 0.25) is 0 Å². The molecule has 1 aromatic carbocycles. The summed E-state index contributed by atoms with van der Waals surface area (Å²) in [7, 11) is 0. The van der Waals surface area contributed by atoms with Gasteiger partial charge in [0.25, 0.3) is 0 Å². The summed E-state index contributed by atoms with van der Waals surface area (Å²) in [5.41, 5.74) is 8.79. The molecular formula is C23H37N3O3. The number of aryl methyl sites for hydroxylation is 1. The van der Waals surface area contributed by atoms with Gasteiger partial charge in [0, 0.05) is 13.1 Å². The number of fused-ring (bicyclic) bond motifs is 1. The second kappa shape index (κ2) is 9.81. The number of anilines is 1. The van der Waals surface area contributed by atoms with Crippen molar-refractivity contribution in [3.05, 3.63) is 23.3 Å². The van der Waals surface area contributed by atoms with Crippen LogP contribution in [0.4, 0.5) is 5.69 Å². The van der Waals surface area contributed by atoms with Gasteiger partial charge in [0.1, 0.15) is 17.4 Å². The number of likely N-dealkylation sites (tertiary alicyclic amines) is 1. The van der Waals surface area contributed by atoms with Crippen LogP contribution in [-0.2, 0) is 22.5 Å². The Morgan fingerprint density at radius 1 is 1.21 bits per heavy atom. The van der Waals surface area contributed by atoms with Crippen molar-refractivity contribution in [2.24, 2.45) is 0 Å². The summed E-state index contributed by atoms with van der Waals surface area (Å²) in [4.78, 5) is 14.9. The number of hydrogen-bond donors (Lipinski definition) is 2. The van der Waals surface area contributed by atoms with Crippen LogP contribution in [0.5, 0.6) is 5.75 Å². The zero-order chi connectivity index (χ0) is 20.9. The van der Waals surface area contributed by atoms with Gasteiger partial charge in [-0.05, 0) is 89.2 Å². The zero-order valence-electron chi connectivity index (χ0n) is 18.3. The molecule has 3 rings (SSSR count). The molecule has 162 valence electrons. The summed E-state index contributed by atoms with van der Waals surface area (Å²) in [5.74, 6) is 0.562. The number of ether oxygens (including phenoxy) is 2. The molecule has 0 saturated carbocycles. The van der Waals surface area contributed by atoms with Crippen LogP contribution in [0.2, 0.25) is 0 Å². The third-order valence-electron chi connectivity index (χ3n) is 5.59. The number of nitrogen functional groups attached to an aromatic ring is 1. The smallest absolute Gasteiger partial charge is 0.323 e. The Hall–Kier alpha value is -1.79. The molecule has 0 aliphatic carbocycles. The second-order valence-corrected chi connectivity index (χ2v) is 9.27. The summed E-state index contributed by atoms with van der Waals surface area (Å²) >= 11 is 0. The first kappa shape index (κ1) is 21.9. The van der Waals surface area contributed by atoms with Gasteiger partial charge < -0.3 is 25.4 Å². The largest absolute Gasteiger partial charge is 0.491 e. The molecule has 0 bridgehead atoms. The Labute approximate surface area is 175 Å². The van der Waals surface area contributed by atoms with Crippen molar-refractivity contribution in [2.45, 2.75) is 77.5 Å². The molecule has 0 spiro atoms. The molecule has 6 nitrogen and oxygen atoms in total. The molecule has 3 N–H and O–H groups in total. The van der Waals surface area contributed by atoms with Crippen LogP contribution < -0.4 is 15.8 Å². The van der Waals surface area contributed by atoms with E-state index in [0.29, 0.717) is 25.3 Å². The lowest BCUT2D eigenvalue weighted by atomic mass is 10.0. The molecule has 1 unspecified atom stereocenters. The van der Waals surface area contributed by atoms with Crippen molar-refractivity contribution >= 4 is 11.7 Å². The monoisotopic (exact) mass is 403 g/mol. The summed E-state index contributed by atoms with van der Waals surface area (Å²) < 4.78 is 11.5. The lowest BCUT2D eigenvalue weighted by Gasteiger charge is -2.26. The number of piperidine rings is 1. The Morgan fingerprint density at radius 2 is 1.97 bits per heavy atom. The first-order chi connectivity index (χ1) is 13.8. The average molecular weight is 404 g/mol. The molecule has 1 aromatic rings. The van der Waals surface area contributed by atoms with E-state index in [9.17, 15) is 4.79 Å². The van der Waals surface area contributed by atoms with Gasteiger partial charge in [0.05, 0.1) is 12.3 Å². The second-order valence-electron chi connectivity index (χ2n) is 9.27. The minimum Gasteiger partial charge on any atom is -0.491 e. The van der Waals surface area contributed by atoms with Gasteiger partial charge in [-0.2, -0.15) is 0 Å². The van der Waals surface area contributed by atoms with Crippen molar-refractivity contribution in [1.29, 1.82) is 0 Å². The number of nitrogens with one attached hydrogen (secondary N) is 1. The highest BCUT2D eigenvalue weighted by Crippen LogP contribution is 2.29. The molecule has 29 heavy (non-hydrogen) atoms.